The molecular formula is C19H32ClIN4O3. The predicted octanol–water partition coefficient (Wildman–Crippen LogP) is 3.93. The van der Waals surface area contributed by atoms with Crippen LogP contribution in [-0.2, 0) is 11.3 Å². The second kappa shape index (κ2) is 11.5. The number of nitrogens with one attached hydrogen (secondary N) is 3. The number of rotatable bonds is 6. The predicted molar refractivity (Wildman–Crippen MR) is 125 cm³/mol. The van der Waals surface area contributed by atoms with Crippen molar-refractivity contribution < 1.29 is 14.3 Å². The number of ether oxygens (including phenoxy) is 2. The standard InChI is InChI=1S/C19H31ClN4O3.HI/c1-18(2,3)27-17(25)24-19(4,5)12-23-16(21-6)22-11-13-8-9-14(20)10-15(13)26-7;/h8-10H,11-12H2,1-7H3,(H,24,25)(H2,21,22,23);1H. The summed E-state index contributed by atoms with van der Waals surface area (Å²) in [5.41, 5.74) is -0.114. The topological polar surface area (TPSA) is 84.0 Å². The molecule has 160 valence electrons. The van der Waals surface area contributed by atoms with Gasteiger partial charge in [-0.05, 0) is 46.8 Å². The van der Waals surface area contributed by atoms with E-state index in [1.165, 1.54) is 0 Å². The number of methoxy groups -OCH3 is 1. The number of carbonyl (C=O) groups is 1. The SMILES string of the molecule is CN=C(NCc1ccc(Cl)cc1OC)NCC(C)(C)NC(=O)OC(C)(C)C.I. The summed E-state index contributed by atoms with van der Waals surface area (Å²) in [7, 11) is 3.29. The summed E-state index contributed by atoms with van der Waals surface area (Å²) < 4.78 is 10.6. The first-order valence-corrected chi connectivity index (χ1v) is 9.11. The van der Waals surface area contributed by atoms with Gasteiger partial charge in [0.05, 0.1) is 12.6 Å². The van der Waals surface area contributed by atoms with Crippen molar-refractivity contribution in [3.05, 3.63) is 28.8 Å². The van der Waals surface area contributed by atoms with E-state index < -0.39 is 17.2 Å². The Labute approximate surface area is 190 Å². The van der Waals surface area contributed by atoms with Crippen LogP contribution in [0.4, 0.5) is 4.79 Å². The van der Waals surface area contributed by atoms with Crippen LogP contribution in [0.5, 0.6) is 5.75 Å². The van der Waals surface area contributed by atoms with Gasteiger partial charge in [-0.3, -0.25) is 4.99 Å². The lowest BCUT2D eigenvalue weighted by Crippen LogP contribution is -2.54. The molecule has 0 aromatic heterocycles. The monoisotopic (exact) mass is 526 g/mol. The van der Waals surface area contributed by atoms with Crippen LogP contribution in [0, 0.1) is 0 Å². The van der Waals surface area contributed by atoms with E-state index in [0.717, 1.165) is 5.56 Å². The number of benzene rings is 1. The third-order valence-electron chi connectivity index (χ3n) is 3.46. The molecule has 0 heterocycles. The summed E-state index contributed by atoms with van der Waals surface area (Å²) in [6.07, 6.45) is -0.455. The van der Waals surface area contributed by atoms with Crippen molar-refractivity contribution in [3.8, 4) is 5.75 Å². The lowest BCUT2D eigenvalue weighted by Gasteiger charge is -2.29. The van der Waals surface area contributed by atoms with Crippen LogP contribution in [0.2, 0.25) is 5.02 Å². The molecule has 0 saturated carbocycles. The molecule has 0 unspecified atom stereocenters. The molecule has 28 heavy (non-hydrogen) atoms. The lowest BCUT2D eigenvalue weighted by molar-refractivity contribution is 0.0474. The molecule has 1 aromatic rings. The Bertz CT molecular complexity index is 676. The molecule has 0 aliphatic heterocycles. The smallest absolute Gasteiger partial charge is 0.408 e. The zero-order chi connectivity index (χ0) is 20.7. The van der Waals surface area contributed by atoms with Crippen molar-refractivity contribution in [2.45, 2.75) is 52.3 Å². The maximum absolute atomic E-state index is 12.0. The molecule has 0 saturated heterocycles. The number of alkyl carbamates (subject to hydrolysis) is 1. The summed E-state index contributed by atoms with van der Waals surface area (Å²) >= 11 is 5.99. The molecule has 3 N–H and O–H groups in total. The number of halogens is 2. The van der Waals surface area contributed by atoms with Crippen molar-refractivity contribution >= 4 is 47.6 Å². The summed E-state index contributed by atoms with van der Waals surface area (Å²) in [6.45, 7) is 10.3. The Morgan fingerprint density at radius 1 is 1.18 bits per heavy atom. The van der Waals surface area contributed by atoms with E-state index in [4.69, 9.17) is 21.1 Å². The van der Waals surface area contributed by atoms with Crippen LogP contribution in [-0.4, -0.2) is 43.9 Å². The van der Waals surface area contributed by atoms with E-state index in [1.54, 1.807) is 20.2 Å². The fourth-order valence-electron chi connectivity index (χ4n) is 2.19. The minimum absolute atomic E-state index is 0. The van der Waals surface area contributed by atoms with Gasteiger partial charge in [-0.1, -0.05) is 17.7 Å². The van der Waals surface area contributed by atoms with Gasteiger partial charge in [0.1, 0.15) is 11.4 Å². The van der Waals surface area contributed by atoms with Crippen LogP contribution in [0.1, 0.15) is 40.2 Å². The van der Waals surface area contributed by atoms with Crippen molar-refractivity contribution in [3.63, 3.8) is 0 Å². The molecule has 0 aliphatic carbocycles. The molecule has 9 heteroatoms. The van der Waals surface area contributed by atoms with Crippen LogP contribution in [0.3, 0.4) is 0 Å². The van der Waals surface area contributed by atoms with Crippen LogP contribution >= 0.6 is 35.6 Å². The first kappa shape index (κ1) is 26.6. The van der Waals surface area contributed by atoms with Gasteiger partial charge < -0.3 is 25.4 Å². The molecule has 7 nitrogen and oxygen atoms in total. The largest absolute Gasteiger partial charge is 0.496 e. The van der Waals surface area contributed by atoms with Gasteiger partial charge >= 0.3 is 6.09 Å². The van der Waals surface area contributed by atoms with E-state index >= 15 is 0 Å². The fourth-order valence-corrected chi connectivity index (χ4v) is 2.35. The molecule has 0 fully saturated rings. The van der Waals surface area contributed by atoms with E-state index in [2.05, 4.69) is 20.9 Å². The second-order valence-corrected chi connectivity index (χ2v) is 8.18. The Balaban J connectivity index is 0.00000729. The van der Waals surface area contributed by atoms with Crippen LogP contribution in [0.25, 0.3) is 0 Å². The minimum atomic E-state index is -0.539. The van der Waals surface area contributed by atoms with E-state index in [0.29, 0.717) is 29.8 Å². The summed E-state index contributed by atoms with van der Waals surface area (Å²) in [5.74, 6) is 1.31. The highest BCUT2D eigenvalue weighted by Gasteiger charge is 2.24. The summed E-state index contributed by atoms with van der Waals surface area (Å²) in [5, 5.41) is 9.88. The highest BCUT2D eigenvalue weighted by Crippen LogP contribution is 2.22. The molecular weight excluding hydrogens is 495 g/mol. The molecule has 0 atom stereocenters. The zero-order valence-corrected chi connectivity index (χ0v) is 20.7. The van der Waals surface area contributed by atoms with E-state index in [1.807, 2.05) is 46.8 Å². The van der Waals surface area contributed by atoms with Gasteiger partial charge in [0.15, 0.2) is 5.96 Å². The molecule has 1 rings (SSSR count). The number of hydrogen-bond acceptors (Lipinski definition) is 4. The Morgan fingerprint density at radius 3 is 2.36 bits per heavy atom. The molecule has 0 bridgehead atoms. The van der Waals surface area contributed by atoms with E-state index in [9.17, 15) is 4.79 Å². The highest BCUT2D eigenvalue weighted by atomic mass is 127. The Morgan fingerprint density at radius 2 is 1.82 bits per heavy atom. The summed E-state index contributed by atoms with van der Waals surface area (Å²) in [4.78, 5) is 16.2. The van der Waals surface area contributed by atoms with Gasteiger partial charge in [0, 0.05) is 30.7 Å². The second-order valence-electron chi connectivity index (χ2n) is 7.75. The van der Waals surface area contributed by atoms with E-state index in [-0.39, 0.29) is 24.0 Å². The molecule has 0 aliphatic rings. The molecule has 0 spiro atoms. The number of nitrogens with zero attached hydrogens (tertiary/aromatic N) is 1. The lowest BCUT2D eigenvalue weighted by atomic mass is 10.1. The number of guanidine groups is 1. The zero-order valence-electron chi connectivity index (χ0n) is 17.6. The van der Waals surface area contributed by atoms with Gasteiger partial charge in [-0.2, -0.15) is 0 Å². The van der Waals surface area contributed by atoms with Gasteiger partial charge in [0.25, 0.3) is 0 Å². The maximum Gasteiger partial charge on any atom is 0.408 e. The molecule has 1 amide bonds. The number of carbonyl (C=O) groups excluding carboxylic acids is 1. The number of aliphatic imine (C=N–C) groups is 1. The van der Waals surface area contributed by atoms with Gasteiger partial charge in [0.2, 0.25) is 0 Å². The van der Waals surface area contributed by atoms with Crippen molar-refractivity contribution in [2.24, 2.45) is 4.99 Å². The van der Waals surface area contributed by atoms with Crippen molar-refractivity contribution in [1.82, 2.24) is 16.0 Å². The van der Waals surface area contributed by atoms with Gasteiger partial charge in [-0.15, -0.1) is 24.0 Å². The third-order valence-corrected chi connectivity index (χ3v) is 3.69. The fraction of sp³-hybridized carbons (Fsp3) is 0.579. The van der Waals surface area contributed by atoms with Crippen LogP contribution < -0.4 is 20.7 Å². The van der Waals surface area contributed by atoms with Crippen molar-refractivity contribution in [2.75, 3.05) is 20.7 Å². The first-order chi connectivity index (χ1) is 12.5. The number of hydrogen-bond donors (Lipinski definition) is 3. The quantitative estimate of drug-likeness (QED) is 0.297. The minimum Gasteiger partial charge on any atom is -0.496 e. The third kappa shape index (κ3) is 10.2. The van der Waals surface area contributed by atoms with Gasteiger partial charge in [-0.25, -0.2) is 4.79 Å². The van der Waals surface area contributed by atoms with Crippen molar-refractivity contribution in [1.29, 1.82) is 0 Å². The van der Waals surface area contributed by atoms with Crippen LogP contribution in [0.15, 0.2) is 23.2 Å². The molecule has 1 aromatic carbocycles. The normalized spacial score (nSPS) is 11.9. The number of amides is 1. The Hall–Kier alpha value is -1.42. The summed E-state index contributed by atoms with van der Waals surface area (Å²) in [6, 6.07) is 5.48. The average molecular weight is 527 g/mol. The molecule has 0 radical (unpaired) electrons. The maximum atomic E-state index is 12.0. The average Bonchev–Trinajstić information content (AvgIpc) is 2.53. The highest BCUT2D eigenvalue weighted by molar-refractivity contribution is 14.0. The Kier molecular flexibility index (Phi) is 11.0. The first-order valence-electron chi connectivity index (χ1n) is 8.74.